The van der Waals surface area contributed by atoms with E-state index in [1.165, 1.54) is 6.20 Å². The number of amides is 2. The number of carbonyl (C=O) groups excluding carboxylic acids is 2. The number of aliphatic hydroxyl groups excluding tert-OH is 1. The molecule has 1 heterocycles. The fourth-order valence-electron chi connectivity index (χ4n) is 4.29. The summed E-state index contributed by atoms with van der Waals surface area (Å²) in [6, 6.07) is 16.0. The first-order valence-electron chi connectivity index (χ1n) is 12.4. The van der Waals surface area contributed by atoms with Gasteiger partial charge in [0.1, 0.15) is 23.7 Å². The number of rotatable bonds is 10. The number of ether oxygens (including phenoxy) is 2. The molecule has 4 rings (SSSR count). The Morgan fingerprint density at radius 1 is 1.00 bits per heavy atom. The normalized spacial score (nSPS) is 16.9. The van der Waals surface area contributed by atoms with Crippen molar-refractivity contribution in [1.82, 2.24) is 15.6 Å². The Morgan fingerprint density at radius 3 is 2.37 bits per heavy atom. The highest BCUT2D eigenvalue weighted by Gasteiger charge is 2.26. The molecule has 38 heavy (non-hydrogen) atoms. The van der Waals surface area contributed by atoms with Gasteiger partial charge in [-0.25, -0.2) is 4.98 Å². The number of nitrogens with zero attached hydrogens (tertiary/aromatic N) is 1. The van der Waals surface area contributed by atoms with Crippen molar-refractivity contribution in [3.05, 3.63) is 76.9 Å². The van der Waals surface area contributed by atoms with E-state index in [-0.39, 0.29) is 48.6 Å². The molecule has 8 nitrogen and oxygen atoms in total. The van der Waals surface area contributed by atoms with Crippen molar-refractivity contribution >= 4 is 35.2 Å². The molecule has 0 radical (unpaired) electrons. The minimum atomic E-state index is -0.307. The maximum Gasteiger partial charge on any atom is 0.257 e. The summed E-state index contributed by atoms with van der Waals surface area (Å²) in [6.45, 7) is -0.00997. The maximum absolute atomic E-state index is 13.2. The lowest BCUT2D eigenvalue weighted by Crippen LogP contribution is -2.44. The van der Waals surface area contributed by atoms with E-state index in [1.807, 2.05) is 30.5 Å². The molecule has 1 fully saturated rings. The zero-order valence-electron chi connectivity index (χ0n) is 21.0. The molecule has 0 aliphatic heterocycles. The fraction of sp³-hybridized carbons (Fsp3) is 0.321. The van der Waals surface area contributed by atoms with E-state index in [0.29, 0.717) is 34.9 Å². The molecule has 0 spiro atoms. The lowest BCUT2D eigenvalue weighted by molar-refractivity contribution is 0.0887. The van der Waals surface area contributed by atoms with Gasteiger partial charge < -0.3 is 25.2 Å². The number of benzene rings is 2. The third kappa shape index (κ3) is 7.40. The van der Waals surface area contributed by atoms with Crippen molar-refractivity contribution in [3.8, 4) is 17.4 Å². The van der Waals surface area contributed by atoms with E-state index in [2.05, 4.69) is 15.6 Å². The summed E-state index contributed by atoms with van der Waals surface area (Å²) in [5, 5.41) is 15.5. The average Bonchev–Trinajstić information content (AvgIpc) is 2.94. The van der Waals surface area contributed by atoms with Crippen molar-refractivity contribution in [2.75, 3.05) is 19.5 Å². The predicted molar refractivity (Wildman–Crippen MR) is 148 cm³/mol. The van der Waals surface area contributed by atoms with E-state index in [9.17, 15) is 9.59 Å². The highest BCUT2D eigenvalue weighted by atomic mass is 35.5. The summed E-state index contributed by atoms with van der Waals surface area (Å²) < 4.78 is 11.4. The molecular formula is C28H30ClN3O5S. The van der Waals surface area contributed by atoms with Gasteiger partial charge in [0, 0.05) is 23.2 Å². The van der Waals surface area contributed by atoms with Gasteiger partial charge in [0.25, 0.3) is 11.8 Å². The number of pyridine rings is 1. The van der Waals surface area contributed by atoms with Crippen molar-refractivity contribution in [2.45, 2.75) is 42.7 Å². The first kappa shape index (κ1) is 27.8. The molecule has 2 aromatic carbocycles. The minimum Gasteiger partial charge on any atom is -0.490 e. The van der Waals surface area contributed by atoms with E-state index < -0.39 is 0 Å². The number of hydrogen-bond donors (Lipinski definition) is 3. The molecular weight excluding hydrogens is 526 g/mol. The molecule has 3 aromatic rings. The summed E-state index contributed by atoms with van der Waals surface area (Å²) in [7, 11) is 0. The third-order valence-corrected chi connectivity index (χ3v) is 7.13. The highest BCUT2D eigenvalue weighted by molar-refractivity contribution is 7.98. The fourth-order valence-corrected chi connectivity index (χ4v) is 4.90. The average molecular weight is 556 g/mol. The standard InChI is InChI=1S/C28H30ClN3O5S/c1-38-22-6-4-5-21(16-22)37-28-24(15-18(29)17-30-28)27(35)32-20-11-9-19(10-12-20)31-26(34)23-7-2-3-8-25(23)36-14-13-33/h2-8,15-17,19-20,33H,9-14H2,1H3,(H,31,34)(H,32,35). The van der Waals surface area contributed by atoms with Crippen LogP contribution in [0.4, 0.5) is 0 Å². The molecule has 1 aliphatic carbocycles. The molecule has 10 heteroatoms. The lowest BCUT2D eigenvalue weighted by atomic mass is 9.90. The Labute approximate surface area is 231 Å². The zero-order valence-corrected chi connectivity index (χ0v) is 22.6. The molecule has 0 bridgehead atoms. The summed E-state index contributed by atoms with van der Waals surface area (Å²) in [5.41, 5.74) is 0.697. The van der Waals surface area contributed by atoms with E-state index in [4.69, 9.17) is 26.2 Å². The van der Waals surface area contributed by atoms with Gasteiger partial charge in [-0.1, -0.05) is 29.8 Å². The zero-order chi connectivity index (χ0) is 26.9. The van der Waals surface area contributed by atoms with Crippen LogP contribution in [0, 0.1) is 0 Å². The summed E-state index contributed by atoms with van der Waals surface area (Å²) in [6.07, 6.45) is 6.28. The van der Waals surface area contributed by atoms with Crippen LogP contribution in [0.25, 0.3) is 0 Å². The largest absolute Gasteiger partial charge is 0.490 e. The number of aromatic nitrogens is 1. The number of aliphatic hydroxyl groups is 1. The molecule has 0 atom stereocenters. The maximum atomic E-state index is 13.2. The first-order valence-corrected chi connectivity index (χ1v) is 14.0. The number of hydrogen-bond acceptors (Lipinski definition) is 7. The van der Waals surface area contributed by atoms with Gasteiger partial charge in [-0.05, 0) is 68.3 Å². The van der Waals surface area contributed by atoms with Gasteiger partial charge in [0.15, 0.2) is 0 Å². The Bertz CT molecular complexity index is 1270. The second kappa shape index (κ2) is 13.5. The predicted octanol–water partition coefficient (Wildman–Crippen LogP) is 5.09. The Morgan fingerprint density at radius 2 is 1.68 bits per heavy atom. The van der Waals surface area contributed by atoms with Crippen LogP contribution in [0.3, 0.4) is 0 Å². The number of carbonyl (C=O) groups is 2. The third-order valence-electron chi connectivity index (χ3n) is 6.20. The van der Waals surface area contributed by atoms with Gasteiger partial charge in [-0.15, -0.1) is 11.8 Å². The Balaban J connectivity index is 1.34. The second-order valence-corrected chi connectivity index (χ2v) is 10.2. The minimum absolute atomic E-state index is 0.0167. The first-order chi connectivity index (χ1) is 18.5. The topological polar surface area (TPSA) is 110 Å². The molecule has 2 amide bonds. The molecule has 0 saturated heterocycles. The van der Waals surface area contributed by atoms with Crippen LogP contribution in [0.2, 0.25) is 5.02 Å². The number of para-hydroxylation sites is 1. The van der Waals surface area contributed by atoms with Crippen LogP contribution < -0.4 is 20.1 Å². The van der Waals surface area contributed by atoms with Gasteiger partial charge in [-0.3, -0.25) is 9.59 Å². The number of thioether (sulfide) groups is 1. The van der Waals surface area contributed by atoms with Crippen LogP contribution in [0.5, 0.6) is 17.4 Å². The molecule has 200 valence electrons. The summed E-state index contributed by atoms with van der Waals surface area (Å²) >= 11 is 7.74. The molecule has 3 N–H and O–H groups in total. The highest BCUT2D eigenvalue weighted by Crippen LogP contribution is 2.29. The van der Waals surface area contributed by atoms with Crippen molar-refractivity contribution in [3.63, 3.8) is 0 Å². The van der Waals surface area contributed by atoms with E-state index in [1.54, 1.807) is 42.1 Å². The summed E-state index contributed by atoms with van der Waals surface area (Å²) in [5.74, 6) is 0.684. The van der Waals surface area contributed by atoms with Crippen molar-refractivity contribution < 1.29 is 24.2 Å². The summed E-state index contributed by atoms with van der Waals surface area (Å²) in [4.78, 5) is 31.3. The molecule has 1 aromatic heterocycles. The number of halogens is 1. The molecule has 1 saturated carbocycles. The van der Waals surface area contributed by atoms with Crippen molar-refractivity contribution in [1.29, 1.82) is 0 Å². The smallest absolute Gasteiger partial charge is 0.257 e. The monoisotopic (exact) mass is 555 g/mol. The van der Waals surface area contributed by atoms with Crippen molar-refractivity contribution in [2.24, 2.45) is 0 Å². The van der Waals surface area contributed by atoms with Crippen LogP contribution in [0.1, 0.15) is 46.4 Å². The van der Waals surface area contributed by atoms with Crippen LogP contribution in [-0.4, -0.2) is 53.5 Å². The number of nitrogens with one attached hydrogen (secondary N) is 2. The quantitative estimate of drug-likeness (QED) is 0.299. The van der Waals surface area contributed by atoms with Crippen LogP contribution in [0.15, 0.2) is 65.7 Å². The van der Waals surface area contributed by atoms with Crippen LogP contribution in [-0.2, 0) is 0 Å². The Hall–Kier alpha value is -3.27. The van der Waals surface area contributed by atoms with E-state index >= 15 is 0 Å². The SMILES string of the molecule is CSc1cccc(Oc2ncc(Cl)cc2C(=O)NC2CCC(NC(=O)c3ccccc3OCCO)CC2)c1. The lowest BCUT2D eigenvalue weighted by Gasteiger charge is -2.30. The molecule has 0 unspecified atom stereocenters. The van der Waals surface area contributed by atoms with E-state index in [0.717, 1.165) is 17.7 Å². The Kier molecular flexibility index (Phi) is 9.86. The van der Waals surface area contributed by atoms with Gasteiger partial charge >= 0.3 is 0 Å². The second-order valence-electron chi connectivity index (χ2n) is 8.85. The van der Waals surface area contributed by atoms with Gasteiger partial charge in [0.05, 0.1) is 17.2 Å². The van der Waals surface area contributed by atoms with Gasteiger partial charge in [0.2, 0.25) is 5.88 Å². The van der Waals surface area contributed by atoms with Crippen LogP contribution >= 0.6 is 23.4 Å². The molecule has 1 aliphatic rings. The van der Waals surface area contributed by atoms with Gasteiger partial charge in [-0.2, -0.15) is 0 Å².